The van der Waals surface area contributed by atoms with Crippen LogP contribution in [0.25, 0.3) is 10.2 Å². The van der Waals surface area contributed by atoms with Gasteiger partial charge in [-0.3, -0.25) is 4.79 Å². The van der Waals surface area contributed by atoms with Gasteiger partial charge in [-0.2, -0.15) is 4.99 Å². The lowest BCUT2D eigenvalue weighted by Crippen LogP contribution is -2.18. The molecule has 1 aromatic heterocycles. The number of aryl methyl sites for hydroxylation is 1. The molecule has 0 N–H and O–H groups in total. The van der Waals surface area contributed by atoms with Crippen molar-refractivity contribution in [1.82, 2.24) is 4.57 Å². The first-order valence-corrected chi connectivity index (χ1v) is 7.22. The Labute approximate surface area is 115 Å². The summed E-state index contributed by atoms with van der Waals surface area (Å²) in [6, 6.07) is 4.68. The summed E-state index contributed by atoms with van der Waals surface area (Å²) in [4.78, 5) is 16.6. The molecule has 19 heavy (non-hydrogen) atoms. The number of nitrogens with zero attached hydrogens (tertiary/aromatic N) is 2. The van der Waals surface area contributed by atoms with Crippen LogP contribution in [0.2, 0.25) is 0 Å². The van der Waals surface area contributed by atoms with Crippen LogP contribution in [0.4, 0.5) is 4.39 Å². The highest BCUT2D eigenvalue weighted by atomic mass is 32.1. The van der Waals surface area contributed by atoms with Gasteiger partial charge in [0.1, 0.15) is 5.82 Å². The monoisotopic (exact) mass is 280 g/mol. The SMILES string of the molecule is CCCn1c(=NC(=O)C(C)C)sc2cc(F)ccc21. The first-order chi connectivity index (χ1) is 9.02. The van der Waals surface area contributed by atoms with E-state index in [9.17, 15) is 9.18 Å². The van der Waals surface area contributed by atoms with E-state index in [1.807, 2.05) is 18.4 Å². The zero-order chi connectivity index (χ0) is 14.0. The summed E-state index contributed by atoms with van der Waals surface area (Å²) < 4.78 is 16.1. The van der Waals surface area contributed by atoms with Crippen LogP contribution in [0.1, 0.15) is 27.2 Å². The van der Waals surface area contributed by atoms with Crippen LogP contribution in [0.3, 0.4) is 0 Å². The van der Waals surface area contributed by atoms with Gasteiger partial charge in [0.05, 0.1) is 10.2 Å². The Hall–Kier alpha value is -1.49. The van der Waals surface area contributed by atoms with Gasteiger partial charge in [0.2, 0.25) is 0 Å². The van der Waals surface area contributed by atoms with E-state index >= 15 is 0 Å². The highest BCUT2D eigenvalue weighted by molar-refractivity contribution is 7.16. The highest BCUT2D eigenvalue weighted by Crippen LogP contribution is 2.19. The van der Waals surface area contributed by atoms with Gasteiger partial charge in [0.15, 0.2) is 4.80 Å². The third-order valence-corrected chi connectivity index (χ3v) is 3.83. The van der Waals surface area contributed by atoms with E-state index in [1.54, 1.807) is 6.07 Å². The van der Waals surface area contributed by atoms with Crippen LogP contribution in [0.5, 0.6) is 0 Å². The molecule has 1 amide bonds. The molecular formula is C14H17FN2OS. The molecule has 0 unspecified atom stereocenters. The number of fused-ring (bicyclic) bond motifs is 1. The highest BCUT2D eigenvalue weighted by Gasteiger charge is 2.10. The Morgan fingerprint density at radius 2 is 2.21 bits per heavy atom. The van der Waals surface area contributed by atoms with Crippen molar-refractivity contribution >= 4 is 27.5 Å². The molecule has 0 spiro atoms. The lowest BCUT2D eigenvalue weighted by atomic mass is 10.2. The maximum absolute atomic E-state index is 13.3. The van der Waals surface area contributed by atoms with Crippen molar-refractivity contribution in [3.05, 3.63) is 28.8 Å². The Balaban J connectivity index is 2.65. The fourth-order valence-electron chi connectivity index (χ4n) is 1.80. The first-order valence-electron chi connectivity index (χ1n) is 6.40. The van der Waals surface area contributed by atoms with Gasteiger partial charge in [0, 0.05) is 12.5 Å². The molecule has 0 saturated heterocycles. The van der Waals surface area contributed by atoms with Crippen LogP contribution < -0.4 is 4.80 Å². The minimum atomic E-state index is -0.265. The number of benzene rings is 1. The van der Waals surface area contributed by atoms with E-state index < -0.39 is 0 Å². The van der Waals surface area contributed by atoms with Crippen LogP contribution in [0.15, 0.2) is 23.2 Å². The topological polar surface area (TPSA) is 34.4 Å². The van der Waals surface area contributed by atoms with E-state index in [-0.39, 0.29) is 17.6 Å². The number of halogens is 1. The van der Waals surface area contributed by atoms with E-state index in [2.05, 4.69) is 11.9 Å². The van der Waals surface area contributed by atoms with E-state index in [0.29, 0.717) is 4.80 Å². The second-order valence-corrected chi connectivity index (χ2v) is 5.76. The van der Waals surface area contributed by atoms with Crippen molar-refractivity contribution in [2.45, 2.75) is 33.7 Å². The van der Waals surface area contributed by atoms with Gasteiger partial charge in [-0.05, 0) is 24.6 Å². The molecule has 3 nitrogen and oxygen atoms in total. The van der Waals surface area contributed by atoms with Crippen molar-refractivity contribution in [1.29, 1.82) is 0 Å². The Morgan fingerprint density at radius 1 is 1.47 bits per heavy atom. The smallest absolute Gasteiger partial charge is 0.250 e. The van der Waals surface area contributed by atoms with Crippen LogP contribution in [-0.2, 0) is 11.3 Å². The zero-order valence-electron chi connectivity index (χ0n) is 11.3. The molecule has 0 bridgehead atoms. The molecule has 102 valence electrons. The second kappa shape index (κ2) is 5.65. The van der Waals surface area contributed by atoms with Crippen molar-refractivity contribution in [2.75, 3.05) is 0 Å². The third kappa shape index (κ3) is 2.92. The van der Waals surface area contributed by atoms with Crippen molar-refractivity contribution in [3.63, 3.8) is 0 Å². The minimum absolute atomic E-state index is 0.128. The second-order valence-electron chi connectivity index (χ2n) is 4.75. The molecule has 1 aromatic carbocycles. The minimum Gasteiger partial charge on any atom is -0.316 e. The average molecular weight is 280 g/mol. The lowest BCUT2D eigenvalue weighted by Gasteiger charge is -2.02. The number of amides is 1. The van der Waals surface area contributed by atoms with Gasteiger partial charge in [-0.1, -0.05) is 32.1 Å². The summed E-state index contributed by atoms with van der Waals surface area (Å²) in [6.45, 7) is 6.48. The van der Waals surface area contributed by atoms with E-state index in [4.69, 9.17) is 0 Å². The lowest BCUT2D eigenvalue weighted by molar-refractivity contribution is -0.120. The molecule has 0 fully saturated rings. The molecule has 5 heteroatoms. The maximum Gasteiger partial charge on any atom is 0.250 e. The zero-order valence-corrected chi connectivity index (χ0v) is 12.1. The number of carbonyl (C=O) groups excluding carboxylic acids is 1. The molecule has 2 rings (SSSR count). The summed E-state index contributed by atoms with van der Waals surface area (Å²) in [7, 11) is 0. The molecule has 1 heterocycles. The molecule has 0 aliphatic heterocycles. The van der Waals surface area contributed by atoms with Gasteiger partial charge in [-0.15, -0.1) is 0 Å². The van der Waals surface area contributed by atoms with E-state index in [0.717, 1.165) is 23.2 Å². The van der Waals surface area contributed by atoms with Crippen LogP contribution in [0, 0.1) is 11.7 Å². The molecule has 0 saturated carbocycles. The number of carbonyl (C=O) groups is 1. The molecule has 0 aliphatic carbocycles. The number of rotatable bonds is 3. The normalized spacial score (nSPS) is 12.6. The van der Waals surface area contributed by atoms with E-state index in [1.165, 1.54) is 23.5 Å². The summed E-state index contributed by atoms with van der Waals surface area (Å²) in [5.74, 6) is -0.534. The summed E-state index contributed by atoms with van der Waals surface area (Å²) >= 11 is 1.36. The summed E-state index contributed by atoms with van der Waals surface area (Å²) in [6.07, 6.45) is 0.937. The number of aromatic nitrogens is 1. The molecule has 0 radical (unpaired) electrons. The largest absolute Gasteiger partial charge is 0.316 e. The van der Waals surface area contributed by atoms with Gasteiger partial charge < -0.3 is 4.57 Å². The maximum atomic E-state index is 13.3. The molecule has 0 aliphatic rings. The number of hydrogen-bond acceptors (Lipinski definition) is 2. The van der Waals surface area contributed by atoms with Gasteiger partial charge in [0.25, 0.3) is 5.91 Å². The molecule has 2 aromatic rings. The Morgan fingerprint density at radius 3 is 2.84 bits per heavy atom. The summed E-state index contributed by atoms with van der Waals surface area (Å²) in [5, 5.41) is 0. The number of thiazole rings is 1. The molecular weight excluding hydrogens is 263 g/mol. The van der Waals surface area contributed by atoms with Crippen molar-refractivity contribution in [2.24, 2.45) is 10.9 Å². The third-order valence-electron chi connectivity index (χ3n) is 2.79. The average Bonchev–Trinajstić information content (AvgIpc) is 2.67. The predicted molar refractivity (Wildman–Crippen MR) is 75.5 cm³/mol. The quantitative estimate of drug-likeness (QED) is 0.849. The summed E-state index contributed by atoms with van der Waals surface area (Å²) in [5.41, 5.74) is 0.934. The number of hydrogen-bond donors (Lipinski definition) is 0. The van der Waals surface area contributed by atoms with Gasteiger partial charge in [-0.25, -0.2) is 4.39 Å². The Bertz CT molecular complexity index is 670. The first kappa shape index (κ1) is 13.9. The van der Waals surface area contributed by atoms with Crippen LogP contribution >= 0.6 is 11.3 Å². The Kier molecular flexibility index (Phi) is 4.14. The van der Waals surface area contributed by atoms with Crippen molar-refractivity contribution < 1.29 is 9.18 Å². The van der Waals surface area contributed by atoms with Crippen molar-refractivity contribution in [3.8, 4) is 0 Å². The fourth-order valence-corrected chi connectivity index (χ4v) is 2.88. The fraction of sp³-hybridized carbons (Fsp3) is 0.429. The predicted octanol–water partition coefficient (Wildman–Crippen LogP) is 3.34. The van der Waals surface area contributed by atoms with Crippen LogP contribution in [-0.4, -0.2) is 10.5 Å². The standard InChI is InChI=1S/C14H17FN2OS/c1-4-7-17-11-6-5-10(15)8-12(11)19-14(17)16-13(18)9(2)3/h5-6,8-9H,4,7H2,1-3H3. The molecule has 0 atom stereocenters. The van der Waals surface area contributed by atoms with Gasteiger partial charge >= 0.3 is 0 Å².